The monoisotopic (exact) mass is 324 g/mol. The third-order valence-corrected chi connectivity index (χ3v) is 6.25. The highest BCUT2D eigenvalue weighted by Gasteiger charge is 2.24. The normalized spacial score (nSPS) is 22.1. The molecule has 5 heteroatoms. The van der Waals surface area contributed by atoms with Crippen LogP contribution in [-0.4, -0.2) is 42.2 Å². The van der Waals surface area contributed by atoms with E-state index in [0.29, 0.717) is 25.1 Å². The highest BCUT2D eigenvalue weighted by molar-refractivity contribution is 7.16. The average molecular weight is 324 g/mol. The van der Waals surface area contributed by atoms with E-state index in [0.717, 1.165) is 30.7 Å². The minimum Gasteiger partial charge on any atom is -0.396 e. The molecule has 1 amide bonds. The summed E-state index contributed by atoms with van der Waals surface area (Å²) < 4.78 is 0. The minimum absolute atomic E-state index is 0.0659. The highest BCUT2D eigenvalue weighted by Crippen LogP contribution is 2.31. The first kappa shape index (κ1) is 17.4. The maximum atomic E-state index is 12.3. The number of hydrogen-bond donors (Lipinski definition) is 2. The number of aryl methyl sites for hydroxylation is 1. The first-order valence-corrected chi connectivity index (χ1v) is 8.91. The fourth-order valence-electron chi connectivity index (χ4n) is 3.15. The largest absolute Gasteiger partial charge is 0.396 e. The number of nitrogens with one attached hydrogen (secondary N) is 1. The van der Waals surface area contributed by atoms with Crippen LogP contribution in [0, 0.1) is 26.7 Å². The summed E-state index contributed by atoms with van der Waals surface area (Å²) in [7, 11) is 2.03. The fraction of sp³-hybridized carbons (Fsp3) is 0.706. The maximum absolute atomic E-state index is 12.3. The number of rotatable bonds is 5. The van der Waals surface area contributed by atoms with Crippen molar-refractivity contribution in [2.75, 3.05) is 25.5 Å². The van der Waals surface area contributed by atoms with Gasteiger partial charge in [-0.3, -0.25) is 9.69 Å². The molecule has 0 aliphatic heterocycles. The first-order valence-electron chi connectivity index (χ1n) is 8.10. The summed E-state index contributed by atoms with van der Waals surface area (Å²) in [6, 6.07) is 0.460. The van der Waals surface area contributed by atoms with E-state index >= 15 is 0 Å². The Morgan fingerprint density at radius 1 is 1.23 bits per heavy atom. The van der Waals surface area contributed by atoms with Crippen molar-refractivity contribution in [2.45, 2.75) is 52.5 Å². The molecule has 22 heavy (non-hydrogen) atoms. The van der Waals surface area contributed by atoms with Gasteiger partial charge in [-0.25, -0.2) is 0 Å². The second kappa shape index (κ2) is 7.57. The van der Waals surface area contributed by atoms with Crippen LogP contribution in [-0.2, 0) is 4.79 Å². The SMILES string of the molecule is Cc1sc(NC(=O)CN(C)C2CCC(CO)CC2)c(C)c1C. The second-order valence-corrected chi connectivity index (χ2v) is 7.78. The molecule has 1 fully saturated rings. The molecule has 0 radical (unpaired) electrons. The van der Waals surface area contributed by atoms with Crippen LogP contribution in [0.15, 0.2) is 0 Å². The molecule has 1 heterocycles. The number of hydrogen-bond acceptors (Lipinski definition) is 4. The van der Waals surface area contributed by atoms with Crippen LogP contribution in [0.1, 0.15) is 41.7 Å². The lowest BCUT2D eigenvalue weighted by Crippen LogP contribution is -2.40. The summed E-state index contributed by atoms with van der Waals surface area (Å²) >= 11 is 1.66. The molecule has 0 aromatic carbocycles. The van der Waals surface area contributed by atoms with Gasteiger partial charge in [-0.2, -0.15) is 0 Å². The van der Waals surface area contributed by atoms with Crippen LogP contribution >= 0.6 is 11.3 Å². The van der Waals surface area contributed by atoms with Gasteiger partial charge in [-0.05, 0) is 70.5 Å². The summed E-state index contributed by atoms with van der Waals surface area (Å²) in [5.41, 5.74) is 2.46. The summed E-state index contributed by atoms with van der Waals surface area (Å²) in [4.78, 5) is 15.7. The number of likely N-dealkylation sites (N-methyl/N-ethyl adjacent to an activating group) is 1. The van der Waals surface area contributed by atoms with Crippen LogP contribution in [0.2, 0.25) is 0 Å². The Labute approximate surface area is 137 Å². The smallest absolute Gasteiger partial charge is 0.239 e. The third kappa shape index (κ3) is 4.09. The Morgan fingerprint density at radius 3 is 2.36 bits per heavy atom. The molecule has 0 atom stereocenters. The molecule has 0 saturated heterocycles. The first-order chi connectivity index (χ1) is 10.4. The molecular formula is C17H28N2O2S. The number of carbonyl (C=O) groups excluding carboxylic acids is 1. The van der Waals surface area contributed by atoms with Crippen LogP contribution in [0.3, 0.4) is 0 Å². The Balaban J connectivity index is 1.85. The molecule has 2 rings (SSSR count). The van der Waals surface area contributed by atoms with E-state index in [4.69, 9.17) is 0 Å². The highest BCUT2D eigenvalue weighted by atomic mass is 32.1. The summed E-state index contributed by atoms with van der Waals surface area (Å²) in [6.07, 6.45) is 4.28. The van der Waals surface area contributed by atoms with E-state index in [2.05, 4.69) is 31.0 Å². The topological polar surface area (TPSA) is 52.6 Å². The van der Waals surface area contributed by atoms with Gasteiger partial charge in [0.2, 0.25) is 5.91 Å². The number of amides is 1. The van der Waals surface area contributed by atoms with E-state index in [1.165, 1.54) is 16.0 Å². The molecule has 2 N–H and O–H groups in total. The van der Waals surface area contributed by atoms with Crippen molar-refractivity contribution < 1.29 is 9.90 Å². The van der Waals surface area contributed by atoms with Crippen LogP contribution in [0.5, 0.6) is 0 Å². The number of aliphatic hydroxyl groups is 1. The van der Waals surface area contributed by atoms with Crippen molar-refractivity contribution in [3.8, 4) is 0 Å². The Kier molecular flexibility index (Phi) is 6.01. The van der Waals surface area contributed by atoms with E-state index in [-0.39, 0.29) is 5.91 Å². The molecule has 124 valence electrons. The predicted octanol–water partition coefficient (Wildman–Crippen LogP) is 3.09. The standard InChI is InChI=1S/C17H28N2O2S/c1-11-12(2)17(22-13(11)3)18-16(21)9-19(4)15-7-5-14(10-20)6-8-15/h14-15,20H,5-10H2,1-4H3,(H,18,21). The lowest BCUT2D eigenvalue weighted by Gasteiger charge is -2.33. The van der Waals surface area contributed by atoms with E-state index in [1.807, 2.05) is 7.05 Å². The summed E-state index contributed by atoms with van der Waals surface area (Å²) in [5.74, 6) is 0.523. The summed E-state index contributed by atoms with van der Waals surface area (Å²) in [6.45, 7) is 6.99. The lowest BCUT2D eigenvalue weighted by atomic mass is 9.86. The number of nitrogens with zero attached hydrogens (tertiary/aromatic N) is 1. The molecule has 1 aromatic rings. The van der Waals surface area contributed by atoms with Gasteiger partial charge < -0.3 is 10.4 Å². The van der Waals surface area contributed by atoms with Crippen LogP contribution in [0.4, 0.5) is 5.00 Å². The second-order valence-electron chi connectivity index (χ2n) is 6.56. The van der Waals surface area contributed by atoms with Crippen LogP contribution in [0.25, 0.3) is 0 Å². The van der Waals surface area contributed by atoms with Crippen molar-refractivity contribution in [3.05, 3.63) is 16.0 Å². The van der Waals surface area contributed by atoms with E-state index in [1.54, 1.807) is 11.3 Å². The van der Waals surface area contributed by atoms with Gasteiger partial charge in [0, 0.05) is 17.5 Å². The minimum atomic E-state index is 0.0659. The van der Waals surface area contributed by atoms with Crippen LogP contribution < -0.4 is 5.32 Å². The van der Waals surface area contributed by atoms with Gasteiger partial charge >= 0.3 is 0 Å². The maximum Gasteiger partial charge on any atom is 0.239 e. The molecule has 0 unspecified atom stereocenters. The quantitative estimate of drug-likeness (QED) is 0.875. The zero-order chi connectivity index (χ0) is 16.3. The molecular weight excluding hydrogens is 296 g/mol. The molecule has 0 bridgehead atoms. The lowest BCUT2D eigenvalue weighted by molar-refractivity contribution is -0.117. The molecule has 4 nitrogen and oxygen atoms in total. The van der Waals surface area contributed by atoms with Gasteiger partial charge in [0.05, 0.1) is 11.5 Å². The van der Waals surface area contributed by atoms with Gasteiger partial charge in [0.1, 0.15) is 0 Å². The predicted molar refractivity (Wildman–Crippen MR) is 92.6 cm³/mol. The molecule has 1 aromatic heterocycles. The van der Waals surface area contributed by atoms with Gasteiger partial charge in [-0.15, -0.1) is 11.3 Å². The van der Waals surface area contributed by atoms with Gasteiger partial charge in [0.15, 0.2) is 0 Å². The average Bonchev–Trinajstić information content (AvgIpc) is 2.74. The number of carbonyl (C=O) groups is 1. The molecule has 1 aliphatic carbocycles. The summed E-state index contributed by atoms with van der Waals surface area (Å²) in [5, 5.41) is 13.2. The van der Waals surface area contributed by atoms with Crippen molar-refractivity contribution in [1.29, 1.82) is 0 Å². The third-order valence-electron chi connectivity index (χ3n) is 5.03. The van der Waals surface area contributed by atoms with Crippen molar-refractivity contribution in [1.82, 2.24) is 4.90 Å². The van der Waals surface area contributed by atoms with Crippen molar-refractivity contribution >= 4 is 22.2 Å². The number of thiophene rings is 1. The Hall–Kier alpha value is -0.910. The van der Waals surface area contributed by atoms with Crippen molar-refractivity contribution in [3.63, 3.8) is 0 Å². The molecule has 1 aliphatic rings. The number of aliphatic hydroxyl groups excluding tert-OH is 1. The fourth-order valence-corrected chi connectivity index (χ4v) is 4.23. The Bertz CT molecular complexity index is 519. The zero-order valence-electron chi connectivity index (χ0n) is 14.1. The van der Waals surface area contributed by atoms with Gasteiger partial charge in [0.25, 0.3) is 0 Å². The number of anilines is 1. The van der Waals surface area contributed by atoms with Gasteiger partial charge in [-0.1, -0.05) is 0 Å². The Morgan fingerprint density at radius 2 is 1.86 bits per heavy atom. The zero-order valence-corrected chi connectivity index (χ0v) is 14.9. The molecule has 1 saturated carbocycles. The van der Waals surface area contributed by atoms with E-state index in [9.17, 15) is 9.90 Å². The van der Waals surface area contributed by atoms with E-state index < -0.39 is 0 Å². The van der Waals surface area contributed by atoms with Crippen molar-refractivity contribution in [2.24, 2.45) is 5.92 Å². The molecule has 0 spiro atoms.